The predicted molar refractivity (Wildman–Crippen MR) is 87.2 cm³/mol. The van der Waals surface area contributed by atoms with Crippen LogP contribution in [0.5, 0.6) is 0 Å². The van der Waals surface area contributed by atoms with E-state index in [0.717, 1.165) is 30.9 Å². The zero-order chi connectivity index (χ0) is 16.9. The van der Waals surface area contributed by atoms with Gasteiger partial charge in [0.15, 0.2) is 0 Å². The summed E-state index contributed by atoms with van der Waals surface area (Å²) < 4.78 is 37.7. The molecule has 4 rings (SSSR count). The Morgan fingerprint density at radius 1 is 1.09 bits per heavy atom. The standard InChI is InChI=1S/C20H21F3/c1-4-16(10-7-15(3)20(21,22)23)18-11-19(12-18,13-18)17-8-5-14(2)6-9-17/h4-10H,3,11-13H2,1-2H3/b10-7-,16-4+. The highest BCUT2D eigenvalue weighted by molar-refractivity contribution is 5.48. The van der Waals surface area contributed by atoms with Crippen molar-refractivity contribution in [3.05, 3.63) is 71.3 Å². The van der Waals surface area contributed by atoms with Crippen molar-refractivity contribution in [1.29, 1.82) is 0 Å². The SMILES string of the molecule is C=C(/C=C\C(=C/C)C12CC(c3ccc(C)cc3)(C1)C2)C(F)(F)F. The number of benzene rings is 1. The largest absolute Gasteiger partial charge is 0.415 e. The van der Waals surface area contributed by atoms with Crippen LogP contribution < -0.4 is 0 Å². The second-order valence-electron chi connectivity index (χ2n) is 7.06. The van der Waals surface area contributed by atoms with Crippen molar-refractivity contribution in [2.45, 2.75) is 44.7 Å². The maximum absolute atomic E-state index is 12.6. The molecule has 0 amide bonds. The second-order valence-corrected chi connectivity index (χ2v) is 7.06. The minimum absolute atomic E-state index is 0.0714. The molecule has 0 aromatic heterocycles. The summed E-state index contributed by atoms with van der Waals surface area (Å²) in [6.07, 6.45) is 3.40. The average molecular weight is 318 g/mol. The van der Waals surface area contributed by atoms with E-state index in [1.807, 2.05) is 13.0 Å². The molecule has 0 saturated heterocycles. The molecule has 3 saturated carbocycles. The predicted octanol–water partition coefficient (Wildman–Crippen LogP) is 6.04. The summed E-state index contributed by atoms with van der Waals surface area (Å²) in [5, 5.41) is 0. The molecule has 3 aliphatic carbocycles. The van der Waals surface area contributed by atoms with Gasteiger partial charge in [-0.2, -0.15) is 13.2 Å². The molecular weight excluding hydrogens is 297 g/mol. The maximum atomic E-state index is 12.6. The van der Waals surface area contributed by atoms with Crippen LogP contribution in [0.1, 0.15) is 37.3 Å². The van der Waals surface area contributed by atoms with Gasteiger partial charge in [-0.1, -0.05) is 54.6 Å². The number of hydrogen-bond donors (Lipinski definition) is 0. The van der Waals surface area contributed by atoms with Crippen LogP contribution in [0.4, 0.5) is 13.2 Å². The zero-order valence-corrected chi connectivity index (χ0v) is 13.5. The normalized spacial score (nSPS) is 30.0. The van der Waals surface area contributed by atoms with Crippen LogP contribution >= 0.6 is 0 Å². The topological polar surface area (TPSA) is 0 Å². The molecule has 0 heterocycles. The highest BCUT2D eigenvalue weighted by Gasteiger charge is 2.68. The van der Waals surface area contributed by atoms with Crippen LogP contribution in [0.25, 0.3) is 0 Å². The van der Waals surface area contributed by atoms with E-state index < -0.39 is 11.7 Å². The Hall–Kier alpha value is -1.77. The number of rotatable bonds is 4. The molecule has 0 aliphatic heterocycles. The minimum atomic E-state index is -4.35. The van der Waals surface area contributed by atoms with E-state index >= 15 is 0 Å². The van der Waals surface area contributed by atoms with Crippen molar-refractivity contribution < 1.29 is 13.2 Å². The van der Waals surface area contributed by atoms with Crippen molar-refractivity contribution in [2.75, 3.05) is 0 Å². The number of alkyl halides is 3. The number of aryl methyl sites for hydroxylation is 1. The van der Waals surface area contributed by atoms with Gasteiger partial charge in [0.2, 0.25) is 0 Å². The Morgan fingerprint density at radius 2 is 1.65 bits per heavy atom. The summed E-state index contributed by atoms with van der Waals surface area (Å²) >= 11 is 0. The molecule has 3 heteroatoms. The molecular formula is C20H21F3. The fourth-order valence-corrected chi connectivity index (χ4v) is 4.17. The molecule has 122 valence electrons. The highest BCUT2D eigenvalue weighted by atomic mass is 19.4. The van der Waals surface area contributed by atoms with E-state index in [0.29, 0.717) is 0 Å². The van der Waals surface area contributed by atoms with Crippen LogP contribution in [0.15, 0.2) is 60.2 Å². The van der Waals surface area contributed by atoms with Gasteiger partial charge in [0, 0.05) is 5.57 Å². The third kappa shape index (κ3) is 2.56. The van der Waals surface area contributed by atoms with Crippen LogP contribution in [0, 0.1) is 12.3 Å². The van der Waals surface area contributed by atoms with E-state index in [2.05, 4.69) is 37.8 Å². The number of halogens is 3. The average Bonchev–Trinajstić information content (AvgIpc) is 2.40. The van der Waals surface area contributed by atoms with Crippen LogP contribution in [0.2, 0.25) is 0 Å². The monoisotopic (exact) mass is 318 g/mol. The zero-order valence-electron chi connectivity index (χ0n) is 13.5. The van der Waals surface area contributed by atoms with Gasteiger partial charge in [-0.3, -0.25) is 0 Å². The molecule has 1 aromatic carbocycles. The molecule has 1 aromatic rings. The lowest BCUT2D eigenvalue weighted by atomic mass is 9.31. The fraction of sp³-hybridized carbons (Fsp3) is 0.400. The molecule has 3 fully saturated rings. The van der Waals surface area contributed by atoms with Gasteiger partial charge in [0.1, 0.15) is 0 Å². The Labute approximate surface area is 135 Å². The summed E-state index contributed by atoms with van der Waals surface area (Å²) in [7, 11) is 0. The van der Waals surface area contributed by atoms with Gasteiger partial charge in [0.25, 0.3) is 0 Å². The Kier molecular flexibility index (Phi) is 3.58. The molecule has 0 N–H and O–H groups in total. The molecule has 2 bridgehead atoms. The lowest BCUT2D eigenvalue weighted by Crippen LogP contribution is -2.65. The molecule has 3 aliphatic rings. The lowest BCUT2D eigenvalue weighted by Gasteiger charge is -2.72. The first-order chi connectivity index (χ1) is 10.7. The molecule has 0 nitrogen and oxygen atoms in total. The molecule has 23 heavy (non-hydrogen) atoms. The second kappa shape index (κ2) is 5.12. The number of hydrogen-bond acceptors (Lipinski definition) is 0. The lowest BCUT2D eigenvalue weighted by molar-refractivity contribution is -0.107. The van der Waals surface area contributed by atoms with Crippen molar-refractivity contribution >= 4 is 0 Å². The first-order valence-corrected chi connectivity index (χ1v) is 7.89. The third-order valence-electron chi connectivity index (χ3n) is 5.45. The van der Waals surface area contributed by atoms with Crippen LogP contribution in [0.3, 0.4) is 0 Å². The van der Waals surface area contributed by atoms with E-state index in [4.69, 9.17) is 0 Å². The smallest absolute Gasteiger partial charge is 0.166 e. The van der Waals surface area contributed by atoms with Gasteiger partial charge in [-0.25, -0.2) is 0 Å². The summed E-state index contributed by atoms with van der Waals surface area (Å²) in [6, 6.07) is 8.64. The van der Waals surface area contributed by atoms with Crippen molar-refractivity contribution in [3.8, 4) is 0 Å². The molecule has 0 unspecified atom stereocenters. The van der Waals surface area contributed by atoms with Gasteiger partial charge in [-0.15, -0.1) is 0 Å². The molecule has 0 radical (unpaired) electrons. The Morgan fingerprint density at radius 3 is 2.13 bits per heavy atom. The number of allylic oxidation sites excluding steroid dienone is 5. The van der Waals surface area contributed by atoms with Crippen LogP contribution in [-0.2, 0) is 5.41 Å². The fourth-order valence-electron chi connectivity index (χ4n) is 4.17. The first kappa shape index (κ1) is 16.1. The molecule has 0 spiro atoms. The van der Waals surface area contributed by atoms with E-state index in [1.165, 1.54) is 11.1 Å². The van der Waals surface area contributed by atoms with Gasteiger partial charge in [0.05, 0.1) is 0 Å². The van der Waals surface area contributed by atoms with Crippen molar-refractivity contribution in [1.82, 2.24) is 0 Å². The Bertz CT molecular complexity index is 667. The third-order valence-corrected chi connectivity index (χ3v) is 5.45. The first-order valence-electron chi connectivity index (χ1n) is 7.89. The highest BCUT2D eigenvalue weighted by Crippen LogP contribution is 2.76. The van der Waals surface area contributed by atoms with Gasteiger partial charge in [-0.05, 0) is 55.1 Å². The van der Waals surface area contributed by atoms with Gasteiger partial charge >= 0.3 is 6.18 Å². The summed E-state index contributed by atoms with van der Waals surface area (Å²) in [5.74, 6) is 0. The summed E-state index contributed by atoms with van der Waals surface area (Å²) in [4.78, 5) is 0. The van der Waals surface area contributed by atoms with Crippen LogP contribution in [-0.4, -0.2) is 6.18 Å². The minimum Gasteiger partial charge on any atom is -0.166 e. The van der Waals surface area contributed by atoms with E-state index in [1.54, 1.807) is 6.08 Å². The maximum Gasteiger partial charge on any atom is 0.415 e. The Balaban J connectivity index is 1.70. The van der Waals surface area contributed by atoms with E-state index in [-0.39, 0.29) is 10.8 Å². The van der Waals surface area contributed by atoms with Gasteiger partial charge < -0.3 is 0 Å². The quantitative estimate of drug-likeness (QED) is 0.594. The summed E-state index contributed by atoms with van der Waals surface area (Å²) in [5.41, 5.74) is 3.15. The van der Waals surface area contributed by atoms with E-state index in [9.17, 15) is 13.2 Å². The van der Waals surface area contributed by atoms with Crippen molar-refractivity contribution in [2.24, 2.45) is 5.41 Å². The summed E-state index contributed by atoms with van der Waals surface area (Å²) in [6.45, 7) is 7.07. The van der Waals surface area contributed by atoms with Crippen molar-refractivity contribution in [3.63, 3.8) is 0 Å². The molecule has 0 atom stereocenters.